The molecular formula is C52H104N2O6P+. The number of carbonyl (C=O) groups is 1. The molecule has 3 atom stereocenters. The standard InChI is InChI=1S/C52H103N2O6P/c1-6-8-10-12-14-16-18-20-22-24-26-27-28-30-32-34-36-38-40-42-44-46-52(56)53-50(49-60-61(57,58)59-48-47-54(3,4)5)51(55)45-43-41-39-37-35-33-31-29-25-23-21-19-17-15-13-11-9-7-2/h35,37,43,45,50-51,55H,6-34,36,38-42,44,46-49H2,1-5H3,(H-,53,56,57,58)/p+1/b37-35+,45-43+. The summed E-state index contributed by atoms with van der Waals surface area (Å²) >= 11 is 0. The van der Waals surface area contributed by atoms with Crippen molar-refractivity contribution in [1.29, 1.82) is 0 Å². The molecule has 0 spiro atoms. The van der Waals surface area contributed by atoms with Crippen LogP contribution in [0.4, 0.5) is 0 Å². The van der Waals surface area contributed by atoms with Gasteiger partial charge in [-0.1, -0.05) is 237 Å². The van der Waals surface area contributed by atoms with Crippen LogP contribution in [0.3, 0.4) is 0 Å². The van der Waals surface area contributed by atoms with Crippen molar-refractivity contribution in [2.24, 2.45) is 0 Å². The largest absolute Gasteiger partial charge is 0.472 e. The summed E-state index contributed by atoms with van der Waals surface area (Å²) in [6, 6.07) is -0.859. The zero-order chi connectivity index (χ0) is 45.0. The van der Waals surface area contributed by atoms with Gasteiger partial charge in [0.2, 0.25) is 5.91 Å². The molecule has 0 bridgehead atoms. The van der Waals surface area contributed by atoms with E-state index in [2.05, 4.69) is 31.3 Å². The van der Waals surface area contributed by atoms with Crippen molar-refractivity contribution < 1.29 is 32.9 Å². The molecule has 0 aromatic heterocycles. The average Bonchev–Trinajstić information content (AvgIpc) is 3.21. The lowest BCUT2D eigenvalue weighted by Gasteiger charge is -2.25. The first-order chi connectivity index (χ1) is 29.5. The first-order valence-electron chi connectivity index (χ1n) is 26.2. The number of nitrogens with one attached hydrogen (secondary N) is 1. The highest BCUT2D eigenvalue weighted by Crippen LogP contribution is 2.43. The van der Waals surface area contributed by atoms with Gasteiger partial charge in [0.05, 0.1) is 39.9 Å². The van der Waals surface area contributed by atoms with Gasteiger partial charge in [0.1, 0.15) is 13.2 Å². The van der Waals surface area contributed by atoms with E-state index in [0.29, 0.717) is 17.4 Å². The summed E-state index contributed by atoms with van der Waals surface area (Å²) in [5, 5.41) is 13.9. The van der Waals surface area contributed by atoms with Crippen LogP contribution in [0.15, 0.2) is 24.3 Å². The van der Waals surface area contributed by atoms with E-state index >= 15 is 0 Å². The minimum absolute atomic E-state index is 0.0586. The van der Waals surface area contributed by atoms with E-state index in [9.17, 15) is 19.4 Å². The summed E-state index contributed by atoms with van der Waals surface area (Å²) in [5.41, 5.74) is 0. The number of likely N-dealkylation sites (N-methyl/N-ethyl adjacent to an activating group) is 1. The van der Waals surface area contributed by atoms with E-state index in [0.717, 1.165) is 38.5 Å². The molecule has 0 rings (SSSR count). The maximum atomic E-state index is 12.9. The van der Waals surface area contributed by atoms with Gasteiger partial charge in [-0.3, -0.25) is 13.8 Å². The second-order valence-corrected chi connectivity index (χ2v) is 20.7. The van der Waals surface area contributed by atoms with E-state index in [1.807, 2.05) is 27.2 Å². The quantitative estimate of drug-likeness (QED) is 0.0243. The predicted octanol–water partition coefficient (Wildman–Crippen LogP) is 15.3. The molecule has 0 saturated heterocycles. The molecule has 0 aromatic rings. The number of carbonyl (C=O) groups excluding carboxylic acids is 1. The molecule has 0 aliphatic rings. The van der Waals surface area contributed by atoms with Crippen molar-refractivity contribution in [1.82, 2.24) is 5.32 Å². The number of rotatable bonds is 48. The molecule has 3 unspecified atom stereocenters. The number of allylic oxidation sites excluding steroid dienone is 3. The molecule has 61 heavy (non-hydrogen) atoms. The molecule has 0 fully saturated rings. The van der Waals surface area contributed by atoms with Crippen molar-refractivity contribution in [2.75, 3.05) is 40.9 Å². The number of hydrogen-bond acceptors (Lipinski definition) is 5. The van der Waals surface area contributed by atoms with Gasteiger partial charge >= 0.3 is 7.82 Å². The number of hydrogen-bond donors (Lipinski definition) is 3. The Morgan fingerprint density at radius 3 is 1.31 bits per heavy atom. The Kier molecular flexibility index (Phi) is 43.5. The van der Waals surface area contributed by atoms with Gasteiger partial charge in [-0.05, 0) is 32.1 Å². The third-order valence-corrected chi connectivity index (χ3v) is 12.9. The summed E-state index contributed by atoms with van der Waals surface area (Å²) in [5.74, 6) is -0.182. The normalized spacial score (nSPS) is 14.3. The second-order valence-electron chi connectivity index (χ2n) is 19.3. The van der Waals surface area contributed by atoms with E-state index in [1.54, 1.807) is 6.08 Å². The zero-order valence-corrected chi connectivity index (χ0v) is 42.1. The second kappa shape index (κ2) is 44.2. The first-order valence-corrected chi connectivity index (χ1v) is 27.7. The molecule has 0 aliphatic heterocycles. The van der Waals surface area contributed by atoms with Gasteiger partial charge in [0, 0.05) is 6.42 Å². The monoisotopic (exact) mass is 884 g/mol. The molecule has 0 aromatic carbocycles. The Labute approximate surface area is 379 Å². The van der Waals surface area contributed by atoms with Gasteiger partial charge in [0.15, 0.2) is 0 Å². The van der Waals surface area contributed by atoms with Crippen LogP contribution in [-0.2, 0) is 18.4 Å². The SMILES string of the molecule is CCCCCCCCCCCCCC/C=C/CC/C=C/C(O)C(COP(=O)(O)OCC[N+](C)(C)C)NC(=O)CCCCCCCCCCCCCCCCCCCCCCC. The van der Waals surface area contributed by atoms with Crippen LogP contribution < -0.4 is 5.32 Å². The summed E-state index contributed by atoms with van der Waals surface area (Å²) in [7, 11) is 1.57. The fourth-order valence-electron chi connectivity index (χ4n) is 7.77. The van der Waals surface area contributed by atoms with Crippen LogP contribution in [-0.4, -0.2) is 73.4 Å². The lowest BCUT2D eigenvalue weighted by molar-refractivity contribution is -0.870. The van der Waals surface area contributed by atoms with Gasteiger partial charge in [-0.25, -0.2) is 4.57 Å². The number of phosphoric ester groups is 1. The molecule has 0 aliphatic carbocycles. The topological polar surface area (TPSA) is 105 Å². The zero-order valence-electron chi connectivity index (χ0n) is 41.2. The number of aliphatic hydroxyl groups is 1. The highest BCUT2D eigenvalue weighted by molar-refractivity contribution is 7.47. The van der Waals surface area contributed by atoms with Crippen LogP contribution in [0.25, 0.3) is 0 Å². The molecule has 1 amide bonds. The van der Waals surface area contributed by atoms with Crippen LogP contribution in [0.2, 0.25) is 0 Å². The number of nitrogens with zero attached hydrogens (tertiary/aromatic N) is 1. The Morgan fingerprint density at radius 1 is 0.541 bits per heavy atom. The predicted molar refractivity (Wildman–Crippen MR) is 263 cm³/mol. The Hall–Kier alpha value is -1.02. The van der Waals surface area contributed by atoms with Crippen molar-refractivity contribution >= 4 is 13.7 Å². The maximum Gasteiger partial charge on any atom is 0.472 e. The van der Waals surface area contributed by atoms with E-state index < -0.39 is 20.0 Å². The van der Waals surface area contributed by atoms with E-state index in [-0.39, 0.29) is 19.1 Å². The molecule has 8 nitrogen and oxygen atoms in total. The minimum atomic E-state index is -4.35. The molecule has 3 N–H and O–H groups in total. The number of unbranched alkanes of at least 4 members (excludes halogenated alkanes) is 33. The first kappa shape index (κ1) is 60.0. The number of amides is 1. The van der Waals surface area contributed by atoms with E-state index in [1.165, 1.54) is 193 Å². The lowest BCUT2D eigenvalue weighted by atomic mass is 10.0. The van der Waals surface area contributed by atoms with Gasteiger partial charge in [0.25, 0.3) is 0 Å². The summed E-state index contributed by atoms with van der Waals surface area (Å²) in [6.45, 7) is 4.83. The Bertz CT molecular complexity index is 1050. The van der Waals surface area contributed by atoms with Gasteiger partial charge in [-0.2, -0.15) is 0 Å². The fraction of sp³-hybridized carbons (Fsp3) is 0.904. The molecular weight excluding hydrogens is 780 g/mol. The van der Waals surface area contributed by atoms with Crippen molar-refractivity contribution in [3.05, 3.63) is 24.3 Å². The third-order valence-electron chi connectivity index (χ3n) is 11.9. The van der Waals surface area contributed by atoms with Crippen molar-refractivity contribution in [3.63, 3.8) is 0 Å². The van der Waals surface area contributed by atoms with Gasteiger partial charge in [-0.15, -0.1) is 0 Å². The average molecular weight is 884 g/mol. The third kappa shape index (κ3) is 46.8. The Balaban J connectivity index is 4.30. The smallest absolute Gasteiger partial charge is 0.387 e. The number of quaternary nitrogens is 1. The molecule has 0 radical (unpaired) electrons. The fourth-order valence-corrected chi connectivity index (χ4v) is 8.50. The van der Waals surface area contributed by atoms with Crippen LogP contribution in [0.5, 0.6) is 0 Å². The van der Waals surface area contributed by atoms with Crippen LogP contribution >= 0.6 is 7.82 Å². The van der Waals surface area contributed by atoms with Gasteiger partial charge < -0.3 is 19.8 Å². The summed E-state index contributed by atoms with van der Waals surface area (Å²) in [4.78, 5) is 23.2. The lowest BCUT2D eigenvalue weighted by Crippen LogP contribution is -2.45. The highest BCUT2D eigenvalue weighted by Gasteiger charge is 2.27. The minimum Gasteiger partial charge on any atom is -0.387 e. The molecule has 0 heterocycles. The summed E-state index contributed by atoms with van der Waals surface area (Å²) < 4.78 is 23.6. The summed E-state index contributed by atoms with van der Waals surface area (Å²) in [6.07, 6.45) is 54.1. The molecule has 0 saturated carbocycles. The van der Waals surface area contributed by atoms with Crippen LogP contribution in [0, 0.1) is 0 Å². The maximum absolute atomic E-state index is 12.9. The molecule has 362 valence electrons. The van der Waals surface area contributed by atoms with E-state index in [4.69, 9.17) is 9.05 Å². The van der Waals surface area contributed by atoms with Crippen molar-refractivity contribution in [3.8, 4) is 0 Å². The highest BCUT2D eigenvalue weighted by atomic mass is 31.2. The number of phosphoric acid groups is 1. The Morgan fingerprint density at radius 2 is 0.902 bits per heavy atom. The number of aliphatic hydroxyl groups excluding tert-OH is 1. The van der Waals surface area contributed by atoms with Crippen LogP contribution in [0.1, 0.15) is 251 Å². The van der Waals surface area contributed by atoms with Crippen molar-refractivity contribution in [2.45, 2.75) is 264 Å². The molecule has 9 heteroatoms.